The summed E-state index contributed by atoms with van der Waals surface area (Å²) in [5.74, 6) is 0.925. The summed E-state index contributed by atoms with van der Waals surface area (Å²) in [7, 11) is 1.46. The number of hydrogen-bond acceptors (Lipinski definition) is 4. The first-order chi connectivity index (χ1) is 7.22. The number of carbonyl (C=O) groups is 1. The Morgan fingerprint density at radius 2 is 2.13 bits per heavy atom. The molecule has 0 saturated carbocycles. The SMILES string of the molecule is COCC(=O)c1cc2c(cc1Cl)OCO2. The van der Waals surface area contributed by atoms with E-state index in [9.17, 15) is 4.79 Å². The number of hydrogen-bond donors (Lipinski definition) is 0. The second-order valence-corrected chi connectivity index (χ2v) is 3.45. The zero-order valence-electron chi connectivity index (χ0n) is 8.08. The molecule has 80 valence electrons. The van der Waals surface area contributed by atoms with Gasteiger partial charge in [-0.1, -0.05) is 11.6 Å². The second kappa shape index (κ2) is 4.08. The molecule has 0 saturated heterocycles. The molecule has 0 spiro atoms. The Balaban J connectivity index is 2.36. The maximum Gasteiger partial charge on any atom is 0.231 e. The van der Waals surface area contributed by atoms with Gasteiger partial charge < -0.3 is 14.2 Å². The lowest BCUT2D eigenvalue weighted by Crippen LogP contribution is -2.07. The van der Waals surface area contributed by atoms with E-state index in [1.807, 2.05) is 0 Å². The van der Waals surface area contributed by atoms with E-state index in [2.05, 4.69) is 0 Å². The van der Waals surface area contributed by atoms with Crippen molar-refractivity contribution in [2.75, 3.05) is 20.5 Å². The number of methoxy groups -OCH3 is 1. The molecule has 1 aromatic rings. The molecule has 0 fully saturated rings. The predicted octanol–water partition coefficient (Wildman–Crippen LogP) is 1.90. The van der Waals surface area contributed by atoms with E-state index in [4.69, 9.17) is 25.8 Å². The highest BCUT2D eigenvalue weighted by Gasteiger charge is 2.19. The molecule has 0 aromatic heterocycles. The molecule has 0 atom stereocenters. The summed E-state index contributed by atoms with van der Waals surface area (Å²) in [4.78, 5) is 11.6. The van der Waals surface area contributed by atoms with Gasteiger partial charge in [0.2, 0.25) is 6.79 Å². The number of ether oxygens (including phenoxy) is 3. The Labute approximate surface area is 91.7 Å². The van der Waals surface area contributed by atoms with Gasteiger partial charge in [-0.15, -0.1) is 0 Å². The maximum absolute atomic E-state index is 11.6. The van der Waals surface area contributed by atoms with Gasteiger partial charge in [-0.05, 0) is 6.07 Å². The fourth-order valence-electron chi connectivity index (χ4n) is 1.34. The third kappa shape index (κ3) is 1.91. The van der Waals surface area contributed by atoms with Crippen LogP contribution in [0.15, 0.2) is 12.1 Å². The molecule has 0 amide bonds. The molecule has 1 heterocycles. The summed E-state index contributed by atoms with van der Waals surface area (Å²) in [6.07, 6.45) is 0. The van der Waals surface area contributed by atoms with E-state index < -0.39 is 0 Å². The van der Waals surface area contributed by atoms with Crippen LogP contribution in [0, 0.1) is 0 Å². The number of fused-ring (bicyclic) bond motifs is 1. The quantitative estimate of drug-likeness (QED) is 0.742. The third-order valence-corrected chi connectivity index (χ3v) is 2.35. The van der Waals surface area contributed by atoms with E-state index in [0.29, 0.717) is 22.1 Å². The highest BCUT2D eigenvalue weighted by Crippen LogP contribution is 2.36. The molecule has 1 aliphatic rings. The van der Waals surface area contributed by atoms with Gasteiger partial charge in [-0.3, -0.25) is 4.79 Å². The van der Waals surface area contributed by atoms with Crippen LogP contribution in [0.4, 0.5) is 0 Å². The van der Waals surface area contributed by atoms with E-state index in [1.165, 1.54) is 7.11 Å². The first-order valence-electron chi connectivity index (χ1n) is 4.33. The molecule has 2 rings (SSSR count). The molecular weight excluding hydrogens is 220 g/mol. The van der Waals surface area contributed by atoms with Crippen molar-refractivity contribution in [1.29, 1.82) is 0 Å². The Kier molecular flexibility index (Phi) is 2.79. The maximum atomic E-state index is 11.6. The van der Waals surface area contributed by atoms with Crippen LogP contribution in [0.2, 0.25) is 5.02 Å². The van der Waals surface area contributed by atoms with Crippen LogP contribution in [0.3, 0.4) is 0 Å². The number of carbonyl (C=O) groups excluding carboxylic acids is 1. The molecule has 0 unspecified atom stereocenters. The van der Waals surface area contributed by atoms with Crippen molar-refractivity contribution in [1.82, 2.24) is 0 Å². The number of ketones is 1. The topological polar surface area (TPSA) is 44.8 Å². The zero-order valence-corrected chi connectivity index (χ0v) is 8.84. The fraction of sp³-hybridized carbons (Fsp3) is 0.300. The van der Waals surface area contributed by atoms with Gasteiger partial charge in [0.05, 0.1) is 5.02 Å². The predicted molar refractivity (Wildman–Crippen MR) is 53.8 cm³/mol. The monoisotopic (exact) mass is 228 g/mol. The lowest BCUT2D eigenvalue weighted by Gasteiger charge is -2.04. The molecule has 0 N–H and O–H groups in total. The average Bonchev–Trinajstić information content (AvgIpc) is 2.63. The fourth-order valence-corrected chi connectivity index (χ4v) is 1.60. The van der Waals surface area contributed by atoms with Crippen molar-refractivity contribution in [3.05, 3.63) is 22.7 Å². The number of benzene rings is 1. The summed E-state index contributed by atoms with van der Waals surface area (Å²) in [6, 6.07) is 3.15. The minimum atomic E-state index is -0.180. The minimum Gasteiger partial charge on any atom is -0.454 e. The van der Waals surface area contributed by atoms with Crippen molar-refractivity contribution < 1.29 is 19.0 Å². The molecule has 4 nitrogen and oxygen atoms in total. The highest BCUT2D eigenvalue weighted by molar-refractivity contribution is 6.34. The second-order valence-electron chi connectivity index (χ2n) is 3.04. The van der Waals surface area contributed by atoms with Gasteiger partial charge in [-0.25, -0.2) is 0 Å². The molecule has 0 bridgehead atoms. The third-order valence-electron chi connectivity index (χ3n) is 2.04. The zero-order chi connectivity index (χ0) is 10.8. The summed E-state index contributed by atoms with van der Waals surface area (Å²) in [5.41, 5.74) is 0.391. The van der Waals surface area contributed by atoms with E-state index >= 15 is 0 Å². The lowest BCUT2D eigenvalue weighted by molar-refractivity contribution is 0.0848. The average molecular weight is 229 g/mol. The van der Waals surface area contributed by atoms with Gasteiger partial charge in [-0.2, -0.15) is 0 Å². The van der Waals surface area contributed by atoms with Crippen LogP contribution in [-0.4, -0.2) is 26.3 Å². The molecular formula is C10H9ClO4. The van der Waals surface area contributed by atoms with Crippen LogP contribution in [0.1, 0.15) is 10.4 Å². The van der Waals surface area contributed by atoms with E-state index in [1.54, 1.807) is 12.1 Å². The van der Waals surface area contributed by atoms with Gasteiger partial charge >= 0.3 is 0 Å². The number of rotatable bonds is 3. The van der Waals surface area contributed by atoms with Gasteiger partial charge in [0.25, 0.3) is 0 Å². The molecule has 0 radical (unpaired) electrons. The summed E-state index contributed by atoms with van der Waals surface area (Å²) in [6.45, 7) is 0.160. The molecule has 0 aliphatic carbocycles. The molecule has 1 aliphatic heterocycles. The van der Waals surface area contributed by atoms with Crippen molar-refractivity contribution >= 4 is 17.4 Å². The van der Waals surface area contributed by atoms with Gasteiger partial charge in [0.15, 0.2) is 17.3 Å². The molecule has 1 aromatic carbocycles. The Morgan fingerprint density at radius 3 is 2.80 bits per heavy atom. The molecule has 15 heavy (non-hydrogen) atoms. The Bertz CT molecular complexity index is 403. The van der Waals surface area contributed by atoms with E-state index in [-0.39, 0.29) is 19.2 Å². The standard InChI is InChI=1S/C10H9ClO4/c1-13-4-8(12)6-2-9-10(3-7(6)11)15-5-14-9/h2-3H,4-5H2,1H3. The van der Waals surface area contributed by atoms with Crippen molar-refractivity contribution in [3.63, 3.8) is 0 Å². The first-order valence-corrected chi connectivity index (χ1v) is 4.71. The lowest BCUT2D eigenvalue weighted by atomic mass is 10.1. The van der Waals surface area contributed by atoms with Gasteiger partial charge in [0.1, 0.15) is 6.61 Å². The van der Waals surface area contributed by atoms with Crippen LogP contribution < -0.4 is 9.47 Å². The van der Waals surface area contributed by atoms with Crippen molar-refractivity contribution in [2.24, 2.45) is 0 Å². The number of halogens is 1. The van der Waals surface area contributed by atoms with Crippen LogP contribution >= 0.6 is 11.6 Å². The first kappa shape index (κ1) is 10.3. The van der Waals surface area contributed by atoms with Crippen LogP contribution in [0.25, 0.3) is 0 Å². The van der Waals surface area contributed by atoms with Crippen LogP contribution in [-0.2, 0) is 4.74 Å². The van der Waals surface area contributed by atoms with Crippen molar-refractivity contribution in [3.8, 4) is 11.5 Å². The normalized spacial score (nSPS) is 12.9. The number of Topliss-reactive ketones (excluding diaryl/α,β-unsaturated/α-hetero) is 1. The minimum absolute atomic E-state index is 0.000631. The highest BCUT2D eigenvalue weighted by atomic mass is 35.5. The summed E-state index contributed by atoms with van der Waals surface area (Å²) in [5, 5.41) is 0.348. The van der Waals surface area contributed by atoms with Crippen molar-refractivity contribution in [2.45, 2.75) is 0 Å². The van der Waals surface area contributed by atoms with Gasteiger partial charge in [0, 0.05) is 18.7 Å². The molecule has 5 heteroatoms. The Hall–Kier alpha value is -1.26. The smallest absolute Gasteiger partial charge is 0.231 e. The largest absolute Gasteiger partial charge is 0.454 e. The van der Waals surface area contributed by atoms with E-state index in [0.717, 1.165) is 0 Å². The summed E-state index contributed by atoms with van der Waals surface area (Å²) < 4.78 is 15.0. The van der Waals surface area contributed by atoms with Crippen LogP contribution in [0.5, 0.6) is 11.5 Å². The summed E-state index contributed by atoms with van der Waals surface area (Å²) >= 11 is 5.93. The Morgan fingerprint density at radius 1 is 1.47 bits per heavy atom.